The molecule has 0 N–H and O–H groups in total. The molecule has 0 aromatic rings. The molecule has 0 heterocycles. The summed E-state index contributed by atoms with van der Waals surface area (Å²) in [5.41, 5.74) is 0. The molecule has 0 radical (unpaired) electrons. The summed E-state index contributed by atoms with van der Waals surface area (Å²) >= 11 is 0. The molecule has 0 aliphatic carbocycles. The van der Waals surface area contributed by atoms with E-state index in [0.29, 0.717) is 19.3 Å². The van der Waals surface area contributed by atoms with Gasteiger partial charge >= 0.3 is 17.9 Å². The first-order valence-corrected chi connectivity index (χ1v) is 29.5. The Morgan fingerprint density at radius 1 is 0.284 bits per heavy atom. The molecule has 6 heteroatoms. The fraction of sp³-hybridized carbons (Fsp3) is 0.574. The molecule has 414 valence electrons. The third kappa shape index (κ3) is 57.9. The molecule has 0 aliphatic rings. The smallest absolute Gasteiger partial charge is 0.306 e. The first kappa shape index (κ1) is 69.0. The van der Waals surface area contributed by atoms with E-state index in [4.69, 9.17) is 14.2 Å². The summed E-state index contributed by atoms with van der Waals surface area (Å²) in [4.78, 5) is 37.9. The Hall–Kier alpha value is -4.97. The maximum Gasteiger partial charge on any atom is 0.306 e. The molecule has 0 rings (SSSR count). The van der Waals surface area contributed by atoms with Crippen molar-refractivity contribution in [3.05, 3.63) is 158 Å². The van der Waals surface area contributed by atoms with Gasteiger partial charge in [-0.15, -0.1) is 0 Å². The minimum Gasteiger partial charge on any atom is -0.462 e. The lowest BCUT2D eigenvalue weighted by molar-refractivity contribution is -0.167. The predicted molar refractivity (Wildman–Crippen MR) is 320 cm³/mol. The first-order chi connectivity index (χ1) is 36.5. The Bertz CT molecular complexity index is 1690. The van der Waals surface area contributed by atoms with Crippen molar-refractivity contribution in [2.45, 2.75) is 239 Å². The van der Waals surface area contributed by atoms with E-state index >= 15 is 0 Å². The third-order valence-corrected chi connectivity index (χ3v) is 11.8. The molecule has 0 aromatic carbocycles. The number of esters is 3. The van der Waals surface area contributed by atoms with Gasteiger partial charge in [-0.3, -0.25) is 14.4 Å². The highest BCUT2D eigenvalue weighted by Gasteiger charge is 2.19. The van der Waals surface area contributed by atoms with Gasteiger partial charge in [-0.25, -0.2) is 0 Å². The van der Waals surface area contributed by atoms with Crippen LogP contribution in [0.5, 0.6) is 0 Å². The lowest BCUT2D eigenvalue weighted by Gasteiger charge is -2.18. The van der Waals surface area contributed by atoms with Crippen molar-refractivity contribution in [3.63, 3.8) is 0 Å². The Balaban J connectivity index is 4.20. The van der Waals surface area contributed by atoms with Gasteiger partial charge in [0.2, 0.25) is 0 Å². The number of carbonyl (C=O) groups is 3. The minimum absolute atomic E-state index is 0.109. The maximum atomic E-state index is 12.8. The van der Waals surface area contributed by atoms with Gasteiger partial charge in [-0.1, -0.05) is 249 Å². The molecule has 0 aromatic heterocycles. The Morgan fingerprint density at radius 3 is 0.865 bits per heavy atom. The molecule has 74 heavy (non-hydrogen) atoms. The number of hydrogen-bond acceptors (Lipinski definition) is 6. The maximum absolute atomic E-state index is 12.8. The monoisotopic (exact) mass is 1020 g/mol. The summed E-state index contributed by atoms with van der Waals surface area (Å²) in [7, 11) is 0. The molecule has 0 aliphatic heterocycles. The van der Waals surface area contributed by atoms with Gasteiger partial charge in [0, 0.05) is 19.3 Å². The van der Waals surface area contributed by atoms with Gasteiger partial charge in [0.1, 0.15) is 13.2 Å². The fourth-order valence-corrected chi connectivity index (χ4v) is 7.43. The van der Waals surface area contributed by atoms with E-state index < -0.39 is 6.10 Å². The van der Waals surface area contributed by atoms with E-state index in [-0.39, 0.29) is 37.5 Å². The highest BCUT2D eigenvalue weighted by atomic mass is 16.6. The van der Waals surface area contributed by atoms with Gasteiger partial charge in [0.15, 0.2) is 6.10 Å². The van der Waals surface area contributed by atoms with E-state index in [2.05, 4.69) is 179 Å². The van der Waals surface area contributed by atoms with Crippen molar-refractivity contribution in [1.82, 2.24) is 0 Å². The molecular weight excluding hydrogens is 913 g/mol. The number of ether oxygens (including phenoxy) is 3. The van der Waals surface area contributed by atoms with Crippen LogP contribution in [0.2, 0.25) is 0 Å². The highest BCUT2D eigenvalue weighted by molar-refractivity contribution is 5.71. The number of unbranched alkanes of at least 4 members (excludes halogenated alkanes) is 14. The highest BCUT2D eigenvalue weighted by Crippen LogP contribution is 2.13. The fourth-order valence-electron chi connectivity index (χ4n) is 7.43. The molecule has 6 nitrogen and oxygen atoms in total. The summed E-state index contributed by atoms with van der Waals surface area (Å²) in [5, 5.41) is 0. The summed E-state index contributed by atoms with van der Waals surface area (Å²) < 4.78 is 16.7. The van der Waals surface area contributed by atoms with Crippen LogP contribution >= 0.6 is 0 Å². The summed E-state index contributed by atoms with van der Waals surface area (Å²) in [6, 6.07) is 0. The molecule has 1 atom stereocenters. The number of carbonyl (C=O) groups excluding carboxylic acids is 3. The largest absolute Gasteiger partial charge is 0.462 e. The molecule has 0 saturated heterocycles. The van der Waals surface area contributed by atoms with E-state index in [0.717, 1.165) is 135 Å². The quantitative estimate of drug-likeness (QED) is 0.0261. The Labute approximate surface area is 454 Å². The summed E-state index contributed by atoms with van der Waals surface area (Å²) in [6.45, 7) is 6.27. The van der Waals surface area contributed by atoms with Crippen LogP contribution in [0, 0.1) is 0 Å². The van der Waals surface area contributed by atoms with Crippen LogP contribution < -0.4 is 0 Å². The topological polar surface area (TPSA) is 78.9 Å². The van der Waals surface area contributed by atoms with Gasteiger partial charge in [0.05, 0.1) is 0 Å². The molecule has 0 amide bonds. The zero-order valence-corrected chi connectivity index (χ0v) is 47.3. The van der Waals surface area contributed by atoms with Crippen molar-refractivity contribution < 1.29 is 28.6 Å². The lowest BCUT2D eigenvalue weighted by atomic mass is 10.1. The van der Waals surface area contributed by atoms with Gasteiger partial charge in [-0.05, 0) is 122 Å². The van der Waals surface area contributed by atoms with E-state index in [1.54, 1.807) is 0 Å². The summed E-state index contributed by atoms with van der Waals surface area (Å²) in [6.07, 6.45) is 88.5. The molecule has 1 unspecified atom stereocenters. The van der Waals surface area contributed by atoms with Crippen LogP contribution in [0.4, 0.5) is 0 Å². The van der Waals surface area contributed by atoms with E-state index in [1.807, 2.05) is 0 Å². The Morgan fingerprint density at radius 2 is 0.541 bits per heavy atom. The average molecular weight is 1020 g/mol. The summed E-state index contributed by atoms with van der Waals surface area (Å²) in [5.74, 6) is -0.995. The average Bonchev–Trinajstić information content (AvgIpc) is 3.40. The zero-order chi connectivity index (χ0) is 53.6. The number of allylic oxidation sites excluding steroid dienone is 26. The molecular formula is C68H106O6. The predicted octanol–water partition coefficient (Wildman–Crippen LogP) is 20.1. The molecule has 0 spiro atoms. The number of rotatable bonds is 51. The zero-order valence-electron chi connectivity index (χ0n) is 47.3. The molecule has 0 bridgehead atoms. The van der Waals surface area contributed by atoms with Crippen molar-refractivity contribution in [2.24, 2.45) is 0 Å². The van der Waals surface area contributed by atoms with Crippen LogP contribution in [0.25, 0.3) is 0 Å². The van der Waals surface area contributed by atoms with Crippen LogP contribution in [0.3, 0.4) is 0 Å². The third-order valence-electron chi connectivity index (χ3n) is 11.8. The second-order valence-corrected chi connectivity index (χ2v) is 18.8. The standard InChI is InChI=1S/C68H106O6/c1-4-7-10-13-16-18-20-22-24-26-27-28-29-30-31-32-33-34-35-36-37-38-39-40-41-43-44-46-48-50-52-55-58-61-67(70)73-64-65(63-72-66(69)60-57-54-15-12-9-6-3)74-68(71)62-59-56-53-51-49-47-45-42-25-23-21-19-17-14-11-8-5-2/h7-8,10-11,16-19,22-25,27-28,30-31,33-34,36-37,39-40,45,47,51,53,65H,4-6,9,12-15,20-21,26,29,32,35,38,41-44,46,48-50,52,54-64H2,1-3H3/b10-7-,11-8-,18-16-,19-17-,24-22-,25-23-,28-27-,31-30-,34-33-,37-36-,40-39-,47-45-,53-51-. The Kier molecular flexibility index (Phi) is 56.5. The second kappa shape index (κ2) is 60.6. The van der Waals surface area contributed by atoms with Crippen molar-refractivity contribution in [1.29, 1.82) is 0 Å². The van der Waals surface area contributed by atoms with Gasteiger partial charge in [-0.2, -0.15) is 0 Å². The SMILES string of the molecule is CC/C=C\C/C=C\C/C=C\C/C=C\C/C=C\C/C=C\C/C=C\C/C=C\CCCCCCCCCCC(=O)OCC(COC(=O)CCCCCCCC)OC(=O)CCC/C=C\C/C=C\C/C=C\C/C=C\C/C=C\CC. The number of hydrogen-bond donors (Lipinski definition) is 0. The van der Waals surface area contributed by atoms with Crippen LogP contribution in [-0.2, 0) is 28.6 Å². The van der Waals surface area contributed by atoms with E-state index in [9.17, 15) is 14.4 Å². The first-order valence-electron chi connectivity index (χ1n) is 29.5. The van der Waals surface area contributed by atoms with Crippen LogP contribution in [0.1, 0.15) is 233 Å². The van der Waals surface area contributed by atoms with Crippen molar-refractivity contribution in [3.8, 4) is 0 Å². The van der Waals surface area contributed by atoms with Gasteiger partial charge < -0.3 is 14.2 Å². The lowest BCUT2D eigenvalue weighted by Crippen LogP contribution is -2.30. The molecule has 0 saturated carbocycles. The van der Waals surface area contributed by atoms with Gasteiger partial charge in [0.25, 0.3) is 0 Å². The van der Waals surface area contributed by atoms with Crippen LogP contribution in [-0.4, -0.2) is 37.2 Å². The van der Waals surface area contributed by atoms with E-state index in [1.165, 1.54) is 51.4 Å². The minimum atomic E-state index is -0.814. The molecule has 0 fully saturated rings. The van der Waals surface area contributed by atoms with Crippen molar-refractivity contribution >= 4 is 17.9 Å². The normalized spacial score (nSPS) is 13.3. The van der Waals surface area contributed by atoms with Crippen molar-refractivity contribution in [2.75, 3.05) is 13.2 Å². The second-order valence-electron chi connectivity index (χ2n) is 18.8. The van der Waals surface area contributed by atoms with Crippen LogP contribution in [0.15, 0.2) is 158 Å².